The lowest BCUT2D eigenvalue weighted by atomic mass is 10.00. The number of aromatic nitrogens is 3. The number of benzene rings is 1. The average Bonchev–Trinajstić information content (AvgIpc) is 3.83. The first kappa shape index (κ1) is 46.4. The lowest BCUT2D eigenvalue weighted by Gasteiger charge is -2.28. The van der Waals surface area contributed by atoms with Gasteiger partial charge in [-0.25, -0.2) is 9.55 Å². The lowest BCUT2D eigenvalue weighted by Crippen LogP contribution is -2.62. The largest absolute Gasteiger partial charge is 0.469 e. The maximum Gasteiger partial charge on any atom is 0.469 e. The molecule has 4 rings (SSSR count). The van der Waals surface area contributed by atoms with Gasteiger partial charge in [0.15, 0.2) is 0 Å². The number of carbonyl (C=O) groups excluding carboxylic acids is 7. The zero-order valence-corrected chi connectivity index (χ0v) is 34.0. The predicted molar refractivity (Wildman–Crippen MR) is 212 cm³/mol. The Morgan fingerprint density at radius 2 is 1.49 bits per heavy atom. The summed E-state index contributed by atoms with van der Waals surface area (Å²) in [7, 11) is -5.28. The zero-order chi connectivity index (χ0) is 43.4. The van der Waals surface area contributed by atoms with Gasteiger partial charge in [-0.15, -0.1) is 11.8 Å². The number of nitrogens with two attached hydrogens (primary N) is 1. The number of H-pyrrole nitrogens is 2. The number of imidazole rings is 1. The summed E-state index contributed by atoms with van der Waals surface area (Å²) in [5.41, 5.74) is 7.35. The smallest absolute Gasteiger partial charge is 0.394 e. The Morgan fingerprint density at radius 3 is 2.12 bits per heavy atom. The van der Waals surface area contributed by atoms with Crippen molar-refractivity contribution in [2.24, 2.45) is 11.7 Å². The van der Waals surface area contributed by atoms with E-state index in [2.05, 4.69) is 51.4 Å². The highest BCUT2D eigenvalue weighted by Gasteiger charge is 2.37. The summed E-state index contributed by atoms with van der Waals surface area (Å²) in [5, 5.41) is 25.7. The van der Waals surface area contributed by atoms with Crippen molar-refractivity contribution in [3.05, 3.63) is 54.2 Å². The molecule has 24 heteroatoms. The Balaban J connectivity index is 1.74. The Labute approximate surface area is 341 Å². The van der Waals surface area contributed by atoms with Crippen LogP contribution in [-0.2, 0) is 55.5 Å². The van der Waals surface area contributed by atoms with Gasteiger partial charge in [0.05, 0.1) is 24.8 Å². The molecular weight excluding hydrogens is 815 g/mol. The molecule has 3 heterocycles. The third-order valence-electron chi connectivity index (χ3n) is 9.05. The van der Waals surface area contributed by atoms with Gasteiger partial charge in [-0.05, 0) is 30.9 Å². The monoisotopic (exact) mass is 864 g/mol. The number of aliphatic hydroxyl groups is 1. The second-order valence-electron chi connectivity index (χ2n) is 14.2. The molecular formula is C35H49N10O12PS. The van der Waals surface area contributed by atoms with Crippen molar-refractivity contribution in [1.29, 1.82) is 0 Å². The molecule has 0 unspecified atom stereocenters. The molecule has 1 aromatic carbocycles. The third kappa shape index (κ3) is 13.9. The maximum absolute atomic E-state index is 14.1. The van der Waals surface area contributed by atoms with Crippen molar-refractivity contribution < 1.29 is 57.5 Å². The molecule has 13 N–H and O–H groups in total. The zero-order valence-electron chi connectivity index (χ0n) is 32.3. The predicted octanol–water partition coefficient (Wildman–Crippen LogP) is -2.65. The topological polar surface area (TPSA) is 349 Å². The lowest BCUT2D eigenvalue weighted by molar-refractivity contribution is -0.136. The summed E-state index contributed by atoms with van der Waals surface area (Å²) in [4.78, 5) is 124. The van der Waals surface area contributed by atoms with Crippen molar-refractivity contribution in [1.82, 2.24) is 46.9 Å². The van der Waals surface area contributed by atoms with E-state index in [0.29, 0.717) is 11.3 Å². The highest BCUT2D eigenvalue weighted by atomic mass is 32.2. The molecule has 0 bridgehead atoms. The maximum atomic E-state index is 14.1. The highest BCUT2D eigenvalue weighted by molar-refractivity contribution is 8.00. The summed E-state index contributed by atoms with van der Waals surface area (Å²) in [6.45, 7) is 3.58. The number of primary amides is 1. The standard InChI is InChI=1S/C35H49N10O12PS/c1-17(2)8-23-31(49)42-25(10-20-12-37-16-39-20)33(51)43-26(13-46)34(52)45-29(18(3)57-58(54,55)56)35(53)44-27(30(36)48)14-59-15-28(47)40-24(32(50)41-23)9-19-11-38-22-7-5-4-6-21(19)22/h4-7,11-12,16-18,23-27,29,38,46H,8-10,13-15H2,1-3H3,(H2,36,48)(H,37,39)(H,40,47)(H,41,50)(H,42,49)(H,43,51)(H,44,53)(H,45,52)(H2,54,55,56)/t18-,23+,24+,25+,26+,27-,29+/m1/s1. The molecule has 322 valence electrons. The number of phosphoric acid groups is 1. The van der Waals surface area contributed by atoms with Crippen molar-refractivity contribution in [2.45, 2.75) is 82.4 Å². The number of rotatable bonds is 11. The number of aliphatic hydroxyl groups excluding tert-OH is 1. The van der Waals surface area contributed by atoms with Crippen LogP contribution in [0.15, 0.2) is 43.0 Å². The Morgan fingerprint density at radius 1 is 0.864 bits per heavy atom. The SMILES string of the molecule is CC(C)C[C@@H]1NC(=O)[C@H](Cc2c[nH]c3ccccc23)NC(=O)CSC[C@H](C(N)=O)NC(=O)[C@H]([C@@H](C)OP(=O)(O)O)NC(=O)[C@H](CO)NC(=O)[C@H](Cc2cnc[nH]2)NC1=O. The van der Waals surface area contributed by atoms with Gasteiger partial charge < -0.3 is 62.5 Å². The molecule has 59 heavy (non-hydrogen) atoms. The molecule has 1 saturated heterocycles. The molecule has 7 amide bonds. The van der Waals surface area contributed by atoms with E-state index in [1.807, 2.05) is 18.2 Å². The van der Waals surface area contributed by atoms with Crippen LogP contribution in [0.4, 0.5) is 0 Å². The number of nitrogens with zero attached hydrogens (tertiary/aromatic N) is 1. The Kier molecular flexibility index (Phi) is 16.6. The van der Waals surface area contributed by atoms with Crippen LogP contribution in [0, 0.1) is 5.92 Å². The summed E-state index contributed by atoms with van der Waals surface area (Å²) < 4.78 is 16.4. The molecule has 0 aliphatic carbocycles. The number of para-hydroxylation sites is 1. The van der Waals surface area contributed by atoms with Crippen LogP contribution in [0.5, 0.6) is 0 Å². The Hall–Kier alpha value is -5.32. The fourth-order valence-electron chi connectivity index (χ4n) is 6.16. The normalized spacial score (nSPS) is 24.2. The van der Waals surface area contributed by atoms with Gasteiger partial charge in [0.1, 0.15) is 36.3 Å². The molecule has 0 radical (unpaired) electrons. The number of fused-ring (bicyclic) bond motifs is 1. The molecule has 3 aromatic rings. The van der Waals surface area contributed by atoms with E-state index in [1.165, 1.54) is 12.5 Å². The first-order valence-electron chi connectivity index (χ1n) is 18.4. The number of nitrogens with one attached hydrogen (secondary N) is 8. The number of carbonyl (C=O) groups is 7. The van der Waals surface area contributed by atoms with Crippen LogP contribution in [-0.4, -0.2) is 132 Å². The van der Waals surface area contributed by atoms with Gasteiger partial charge in [-0.2, -0.15) is 0 Å². The summed E-state index contributed by atoms with van der Waals surface area (Å²) in [6.07, 6.45) is 2.47. The van der Waals surface area contributed by atoms with E-state index in [-0.39, 0.29) is 36.7 Å². The number of thioether (sulfide) groups is 1. The van der Waals surface area contributed by atoms with E-state index in [9.17, 15) is 53.0 Å². The van der Waals surface area contributed by atoms with Crippen molar-refractivity contribution >= 4 is 71.8 Å². The van der Waals surface area contributed by atoms with Crippen LogP contribution < -0.4 is 37.6 Å². The van der Waals surface area contributed by atoms with Gasteiger partial charge in [0.2, 0.25) is 41.4 Å². The quantitative estimate of drug-likeness (QED) is 0.0877. The number of phosphoric ester groups is 1. The average molecular weight is 865 g/mol. The van der Waals surface area contributed by atoms with Crippen LogP contribution in [0.2, 0.25) is 0 Å². The van der Waals surface area contributed by atoms with Crippen LogP contribution in [0.1, 0.15) is 38.4 Å². The second-order valence-corrected chi connectivity index (χ2v) is 16.4. The van der Waals surface area contributed by atoms with Crippen LogP contribution in [0.25, 0.3) is 10.9 Å². The van der Waals surface area contributed by atoms with Crippen molar-refractivity contribution in [3.8, 4) is 0 Å². The fourth-order valence-corrected chi connectivity index (χ4v) is 7.58. The Bertz CT molecular complexity index is 2030. The molecule has 2 aromatic heterocycles. The number of hydrogen-bond acceptors (Lipinski definition) is 12. The fraction of sp³-hybridized carbons (Fsp3) is 0.486. The van der Waals surface area contributed by atoms with Gasteiger partial charge in [0.25, 0.3) is 0 Å². The third-order valence-corrected chi connectivity index (χ3v) is 10.7. The molecule has 1 fully saturated rings. The van der Waals surface area contributed by atoms with Gasteiger partial charge in [-0.3, -0.25) is 38.1 Å². The van der Waals surface area contributed by atoms with Gasteiger partial charge in [-0.1, -0.05) is 32.0 Å². The minimum absolute atomic E-state index is 0.0209. The highest BCUT2D eigenvalue weighted by Crippen LogP contribution is 2.38. The second kappa shape index (κ2) is 21.1. The first-order chi connectivity index (χ1) is 27.8. The number of aromatic amines is 2. The molecule has 1 aliphatic heterocycles. The first-order valence-corrected chi connectivity index (χ1v) is 21.1. The van der Waals surface area contributed by atoms with Gasteiger partial charge >= 0.3 is 7.82 Å². The molecule has 1 aliphatic rings. The molecule has 0 saturated carbocycles. The van der Waals surface area contributed by atoms with Crippen molar-refractivity contribution in [3.63, 3.8) is 0 Å². The molecule has 22 nitrogen and oxygen atoms in total. The van der Waals surface area contributed by atoms with E-state index >= 15 is 0 Å². The molecule has 0 spiro atoms. The van der Waals surface area contributed by atoms with Gasteiger partial charge in [0, 0.05) is 47.6 Å². The summed E-state index contributed by atoms with van der Waals surface area (Å²) >= 11 is 0.841. The van der Waals surface area contributed by atoms with Crippen LogP contribution in [0.3, 0.4) is 0 Å². The molecule has 7 atom stereocenters. The van der Waals surface area contributed by atoms with Crippen molar-refractivity contribution in [2.75, 3.05) is 18.1 Å². The number of hydrogen-bond donors (Lipinski definition) is 12. The van der Waals surface area contributed by atoms with E-state index in [4.69, 9.17) is 5.73 Å². The summed E-state index contributed by atoms with van der Waals surface area (Å²) in [5.74, 6) is -7.55. The summed E-state index contributed by atoms with van der Waals surface area (Å²) in [6, 6.07) is -1.93. The number of amides is 7. The minimum atomic E-state index is -5.28. The van der Waals surface area contributed by atoms with E-state index in [1.54, 1.807) is 26.1 Å². The van der Waals surface area contributed by atoms with Crippen LogP contribution >= 0.6 is 19.6 Å². The minimum Gasteiger partial charge on any atom is -0.394 e. The van der Waals surface area contributed by atoms with E-state index < -0.39 is 98.1 Å². The van der Waals surface area contributed by atoms with E-state index in [0.717, 1.165) is 29.6 Å².